The number of rotatable bonds is 1. The molecule has 1 aliphatic rings. The van der Waals surface area contributed by atoms with Crippen molar-refractivity contribution in [2.24, 2.45) is 10.7 Å². The SMILES string of the molecule is CC1(c2cc(N)ccc2F)N=C(N)COCC1(F)F. The van der Waals surface area contributed by atoms with Crippen LogP contribution in [0.1, 0.15) is 12.5 Å². The van der Waals surface area contributed by atoms with E-state index in [1.165, 1.54) is 6.07 Å². The standard InChI is InChI=1S/C12H14F3N3O/c1-11(8-4-7(16)2-3-9(8)13)12(14,15)6-19-5-10(17)18-11/h2-4H,5-6,16H2,1H3,(H2,17,18). The predicted octanol–water partition coefficient (Wildman–Crippen LogP) is 1.65. The molecule has 0 saturated carbocycles. The Morgan fingerprint density at radius 3 is 2.68 bits per heavy atom. The molecular weight excluding hydrogens is 259 g/mol. The molecule has 0 radical (unpaired) electrons. The van der Waals surface area contributed by atoms with E-state index in [-0.39, 0.29) is 23.7 Å². The molecule has 1 aromatic rings. The third-order valence-electron chi connectivity index (χ3n) is 3.13. The van der Waals surface area contributed by atoms with Gasteiger partial charge in [-0.05, 0) is 25.1 Å². The number of benzene rings is 1. The van der Waals surface area contributed by atoms with Crippen molar-refractivity contribution in [3.8, 4) is 0 Å². The first kappa shape index (κ1) is 13.7. The Hall–Kier alpha value is -1.76. The summed E-state index contributed by atoms with van der Waals surface area (Å²) in [5.74, 6) is -4.32. The largest absolute Gasteiger partial charge is 0.399 e. The molecule has 19 heavy (non-hydrogen) atoms. The number of nitrogens with two attached hydrogens (primary N) is 2. The van der Waals surface area contributed by atoms with Gasteiger partial charge in [0.05, 0.1) is 0 Å². The summed E-state index contributed by atoms with van der Waals surface area (Å²) in [5, 5.41) is 0. The van der Waals surface area contributed by atoms with Gasteiger partial charge in [-0.25, -0.2) is 13.2 Å². The van der Waals surface area contributed by atoms with Crippen LogP contribution in [0.15, 0.2) is 23.2 Å². The van der Waals surface area contributed by atoms with E-state index in [2.05, 4.69) is 4.99 Å². The Kier molecular flexibility index (Phi) is 3.17. The smallest absolute Gasteiger partial charge is 0.299 e. The number of nitrogens with zero attached hydrogens (tertiary/aromatic N) is 1. The van der Waals surface area contributed by atoms with Gasteiger partial charge in [-0.2, -0.15) is 0 Å². The topological polar surface area (TPSA) is 73.6 Å². The van der Waals surface area contributed by atoms with Crippen molar-refractivity contribution in [2.75, 3.05) is 18.9 Å². The van der Waals surface area contributed by atoms with Gasteiger partial charge in [0.15, 0.2) is 5.54 Å². The van der Waals surface area contributed by atoms with Gasteiger partial charge in [-0.15, -0.1) is 0 Å². The highest BCUT2D eigenvalue weighted by atomic mass is 19.3. The molecule has 0 bridgehead atoms. The summed E-state index contributed by atoms with van der Waals surface area (Å²) in [7, 11) is 0. The number of alkyl halides is 2. The highest BCUT2D eigenvalue weighted by Gasteiger charge is 2.54. The summed E-state index contributed by atoms with van der Waals surface area (Å²) in [5.41, 5.74) is 8.76. The summed E-state index contributed by atoms with van der Waals surface area (Å²) in [4.78, 5) is 3.76. The van der Waals surface area contributed by atoms with Gasteiger partial charge in [0.1, 0.15) is 24.9 Å². The highest BCUT2D eigenvalue weighted by molar-refractivity contribution is 5.82. The number of anilines is 1. The lowest BCUT2D eigenvalue weighted by molar-refractivity contribution is -0.116. The number of halogens is 3. The summed E-state index contributed by atoms with van der Waals surface area (Å²) >= 11 is 0. The van der Waals surface area contributed by atoms with E-state index >= 15 is 0 Å². The van der Waals surface area contributed by atoms with Crippen LogP contribution in [0.25, 0.3) is 0 Å². The van der Waals surface area contributed by atoms with Gasteiger partial charge in [-0.3, -0.25) is 4.99 Å². The summed E-state index contributed by atoms with van der Waals surface area (Å²) in [6.45, 7) is 0.0173. The fourth-order valence-corrected chi connectivity index (χ4v) is 2.00. The zero-order valence-electron chi connectivity index (χ0n) is 10.3. The van der Waals surface area contributed by atoms with E-state index in [0.717, 1.165) is 19.1 Å². The fraction of sp³-hybridized carbons (Fsp3) is 0.417. The van der Waals surface area contributed by atoms with Gasteiger partial charge in [0.2, 0.25) is 0 Å². The molecule has 2 rings (SSSR count). The first-order valence-corrected chi connectivity index (χ1v) is 5.61. The van der Waals surface area contributed by atoms with Gasteiger partial charge in [0, 0.05) is 11.3 Å². The van der Waals surface area contributed by atoms with Crippen LogP contribution in [0, 0.1) is 5.82 Å². The molecule has 1 unspecified atom stereocenters. The van der Waals surface area contributed by atoms with Gasteiger partial charge in [-0.1, -0.05) is 0 Å². The molecule has 1 aliphatic heterocycles. The van der Waals surface area contributed by atoms with E-state index in [1.807, 2.05) is 0 Å². The lowest BCUT2D eigenvalue weighted by Crippen LogP contribution is -2.45. The lowest BCUT2D eigenvalue weighted by atomic mass is 9.85. The Labute approximate surface area is 108 Å². The average molecular weight is 273 g/mol. The highest BCUT2D eigenvalue weighted by Crippen LogP contribution is 2.43. The van der Waals surface area contributed by atoms with E-state index < -0.39 is 23.9 Å². The zero-order chi connectivity index (χ0) is 14.3. The van der Waals surface area contributed by atoms with Crippen LogP contribution < -0.4 is 11.5 Å². The number of nitrogen functional groups attached to an aromatic ring is 1. The molecule has 104 valence electrons. The Bertz CT molecular complexity index is 533. The Morgan fingerprint density at radius 2 is 2.00 bits per heavy atom. The van der Waals surface area contributed by atoms with Gasteiger partial charge < -0.3 is 16.2 Å². The molecule has 0 amide bonds. The molecule has 1 aromatic carbocycles. The molecule has 0 aliphatic carbocycles. The second-order valence-corrected chi connectivity index (χ2v) is 4.61. The van der Waals surface area contributed by atoms with Crippen molar-refractivity contribution < 1.29 is 17.9 Å². The number of hydrogen-bond acceptors (Lipinski definition) is 4. The lowest BCUT2D eigenvalue weighted by Gasteiger charge is -2.33. The number of aliphatic imine (C=N–C) groups is 1. The van der Waals surface area contributed by atoms with Crippen LogP contribution in [0.2, 0.25) is 0 Å². The van der Waals surface area contributed by atoms with Crippen molar-refractivity contribution in [3.63, 3.8) is 0 Å². The number of hydrogen-bond donors (Lipinski definition) is 2. The Morgan fingerprint density at radius 1 is 1.32 bits per heavy atom. The normalized spacial score (nSPS) is 26.6. The quantitative estimate of drug-likeness (QED) is 0.764. The first-order chi connectivity index (χ1) is 8.76. The molecule has 7 heteroatoms. The minimum absolute atomic E-state index is 0.110. The minimum Gasteiger partial charge on any atom is -0.399 e. The summed E-state index contributed by atoms with van der Waals surface area (Å²) < 4.78 is 47.0. The average Bonchev–Trinajstić information content (AvgIpc) is 2.40. The van der Waals surface area contributed by atoms with Crippen molar-refractivity contribution in [2.45, 2.75) is 18.4 Å². The van der Waals surface area contributed by atoms with E-state index in [1.54, 1.807) is 0 Å². The molecule has 0 aromatic heterocycles. The third-order valence-corrected chi connectivity index (χ3v) is 3.13. The first-order valence-electron chi connectivity index (χ1n) is 5.61. The second kappa shape index (κ2) is 4.41. The molecule has 1 heterocycles. The number of amidine groups is 1. The van der Waals surface area contributed by atoms with Crippen molar-refractivity contribution in [1.29, 1.82) is 0 Å². The van der Waals surface area contributed by atoms with Crippen molar-refractivity contribution in [3.05, 3.63) is 29.6 Å². The molecule has 0 fully saturated rings. The summed E-state index contributed by atoms with van der Waals surface area (Å²) in [6.07, 6.45) is 0. The Balaban J connectivity index is 2.65. The molecule has 4 N–H and O–H groups in total. The van der Waals surface area contributed by atoms with Crippen LogP contribution in [-0.4, -0.2) is 25.0 Å². The van der Waals surface area contributed by atoms with Gasteiger partial charge in [0.25, 0.3) is 5.92 Å². The minimum atomic E-state index is -3.40. The molecule has 4 nitrogen and oxygen atoms in total. The van der Waals surface area contributed by atoms with Crippen molar-refractivity contribution >= 4 is 11.5 Å². The van der Waals surface area contributed by atoms with Crippen molar-refractivity contribution in [1.82, 2.24) is 0 Å². The second-order valence-electron chi connectivity index (χ2n) is 4.61. The predicted molar refractivity (Wildman–Crippen MR) is 65.6 cm³/mol. The maximum Gasteiger partial charge on any atom is 0.299 e. The third kappa shape index (κ3) is 2.25. The molecule has 0 saturated heterocycles. The maximum absolute atomic E-state index is 14.2. The maximum atomic E-state index is 14.2. The molecule has 0 spiro atoms. The molecular formula is C12H14F3N3O. The van der Waals surface area contributed by atoms with E-state index in [9.17, 15) is 13.2 Å². The number of ether oxygens (including phenoxy) is 1. The van der Waals surface area contributed by atoms with Crippen LogP contribution in [0.5, 0.6) is 0 Å². The summed E-state index contributed by atoms with van der Waals surface area (Å²) in [6, 6.07) is 3.47. The molecule has 1 atom stereocenters. The van der Waals surface area contributed by atoms with E-state index in [0.29, 0.717) is 0 Å². The van der Waals surface area contributed by atoms with Gasteiger partial charge >= 0.3 is 0 Å². The monoisotopic (exact) mass is 273 g/mol. The fourth-order valence-electron chi connectivity index (χ4n) is 2.00. The van der Waals surface area contributed by atoms with Crippen LogP contribution in [0.3, 0.4) is 0 Å². The van der Waals surface area contributed by atoms with Crippen LogP contribution in [0.4, 0.5) is 18.9 Å². The zero-order valence-corrected chi connectivity index (χ0v) is 10.3. The van der Waals surface area contributed by atoms with Crippen LogP contribution in [-0.2, 0) is 10.3 Å². The van der Waals surface area contributed by atoms with E-state index in [4.69, 9.17) is 16.2 Å². The van der Waals surface area contributed by atoms with Crippen LogP contribution >= 0.6 is 0 Å².